The van der Waals surface area contributed by atoms with Crippen LogP contribution in [0.4, 0.5) is 0 Å². The molecule has 172 valence electrons. The van der Waals surface area contributed by atoms with Gasteiger partial charge >= 0.3 is 5.97 Å². The maximum Gasteiger partial charge on any atom is 0.341 e. The lowest BCUT2D eigenvalue weighted by atomic mass is 9.73. The van der Waals surface area contributed by atoms with Crippen LogP contribution >= 0.6 is 0 Å². The molecule has 0 aliphatic carbocycles. The first-order chi connectivity index (χ1) is 14.6. The molecule has 1 aromatic rings. The molecule has 0 aromatic heterocycles. The molecule has 2 unspecified atom stereocenters. The molecular formula is C27H40O4. The van der Waals surface area contributed by atoms with E-state index >= 15 is 0 Å². The van der Waals surface area contributed by atoms with E-state index in [1.807, 2.05) is 13.8 Å². The van der Waals surface area contributed by atoms with E-state index in [1.165, 1.54) is 30.4 Å². The van der Waals surface area contributed by atoms with Gasteiger partial charge in [0.1, 0.15) is 17.1 Å². The fourth-order valence-corrected chi connectivity index (χ4v) is 5.45. The number of fused-ring (bicyclic) bond motifs is 1. The van der Waals surface area contributed by atoms with Gasteiger partial charge < -0.3 is 14.6 Å². The Kier molecular flexibility index (Phi) is 7.39. The Hall–Kier alpha value is -1.97. The lowest BCUT2D eigenvalue weighted by molar-refractivity contribution is -0.139. The van der Waals surface area contributed by atoms with Crippen molar-refractivity contribution in [2.75, 3.05) is 6.61 Å². The highest BCUT2D eigenvalue weighted by Gasteiger charge is 2.43. The van der Waals surface area contributed by atoms with Gasteiger partial charge in [0.2, 0.25) is 0 Å². The quantitative estimate of drug-likeness (QED) is 0.419. The molecule has 0 radical (unpaired) electrons. The summed E-state index contributed by atoms with van der Waals surface area (Å²) in [5.41, 5.74) is 4.25. The molecule has 0 spiro atoms. The summed E-state index contributed by atoms with van der Waals surface area (Å²) in [6, 6.07) is 0. The van der Waals surface area contributed by atoms with Crippen molar-refractivity contribution in [1.29, 1.82) is 0 Å². The molecule has 1 N–H and O–H groups in total. The van der Waals surface area contributed by atoms with Crippen LogP contribution in [0, 0.1) is 25.7 Å². The molecule has 3 atom stereocenters. The van der Waals surface area contributed by atoms with Crippen LogP contribution in [0.1, 0.15) is 94.4 Å². The number of rotatable bonds is 10. The van der Waals surface area contributed by atoms with Crippen molar-refractivity contribution in [3.63, 3.8) is 0 Å². The van der Waals surface area contributed by atoms with E-state index in [2.05, 4.69) is 39.8 Å². The molecule has 4 nitrogen and oxygen atoms in total. The molecule has 2 aliphatic rings. The average molecular weight is 429 g/mol. The largest absolute Gasteiger partial charge is 0.483 e. The third-order valence-electron chi connectivity index (χ3n) is 7.08. The third-order valence-corrected chi connectivity index (χ3v) is 7.08. The summed E-state index contributed by atoms with van der Waals surface area (Å²) in [7, 11) is 0. The highest BCUT2D eigenvalue weighted by atomic mass is 16.5. The van der Waals surface area contributed by atoms with Gasteiger partial charge in [-0.15, -0.1) is 0 Å². The number of hydrogen-bond acceptors (Lipinski definition) is 3. The maximum atomic E-state index is 11.0. The molecule has 0 saturated heterocycles. The van der Waals surface area contributed by atoms with Gasteiger partial charge in [0.15, 0.2) is 6.61 Å². The number of aliphatic carboxylic acids is 1. The van der Waals surface area contributed by atoms with Crippen molar-refractivity contribution in [2.24, 2.45) is 11.8 Å². The number of carboxylic acids is 1. The van der Waals surface area contributed by atoms with E-state index in [0.29, 0.717) is 11.8 Å². The van der Waals surface area contributed by atoms with Gasteiger partial charge in [0.25, 0.3) is 0 Å². The minimum Gasteiger partial charge on any atom is -0.483 e. The van der Waals surface area contributed by atoms with Crippen LogP contribution in [0.3, 0.4) is 0 Å². The van der Waals surface area contributed by atoms with Crippen LogP contribution in [-0.2, 0) is 11.2 Å². The maximum absolute atomic E-state index is 11.0. The zero-order valence-corrected chi connectivity index (χ0v) is 20.2. The Morgan fingerprint density at radius 1 is 1.26 bits per heavy atom. The number of ether oxygens (including phenoxy) is 2. The molecule has 3 rings (SSSR count). The Bertz CT molecular complexity index is 838. The molecule has 2 bridgehead atoms. The second-order valence-corrected chi connectivity index (χ2v) is 10.3. The summed E-state index contributed by atoms with van der Waals surface area (Å²) in [5, 5.41) is 9.05. The van der Waals surface area contributed by atoms with Crippen molar-refractivity contribution in [3.05, 3.63) is 34.4 Å². The summed E-state index contributed by atoms with van der Waals surface area (Å²) in [4.78, 5) is 11.0. The molecule has 2 heterocycles. The summed E-state index contributed by atoms with van der Waals surface area (Å²) < 4.78 is 12.4. The summed E-state index contributed by atoms with van der Waals surface area (Å²) >= 11 is 0. The minimum absolute atomic E-state index is 0.209. The fourth-order valence-electron chi connectivity index (χ4n) is 5.45. The van der Waals surface area contributed by atoms with Crippen LogP contribution in [-0.4, -0.2) is 23.3 Å². The van der Waals surface area contributed by atoms with Crippen molar-refractivity contribution < 1.29 is 19.4 Å². The van der Waals surface area contributed by atoms with Gasteiger partial charge in [-0.1, -0.05) is 53.0 Å². The Balaban J connectivity index is 1.76. The van der Waals surface area contributed by atoms with E-state index in [0.717, 1.165) is 54.2 Å². The van der Waals surface area contributed by atoms with E-state index < -0.39 is 5.97 Å². The fraction of sp³-hybridized carbons (Fsp3) is 0.667. The first-order valence-corrected chi connectivity index (χ1v) is 12.0. The Labute approximate surface area is 188 Å². The average Bonchev–Trinajstić information content (AvgIpc) is 2.66. The molecule has 0 fully saturated rings. The van der Waals surface area contributed by atoms with Crippen LogP contribution in [0.25, 0.3) is 0 Å². The van der Waals surface area contributed by atoms with E-state index in [1.54, 1.807) is 0 Å². The predicted molar refractivity (Wildman–Crippen MR) is 125 cm³/mol. The molecule has 0 amide bonds. The van der Waals surface area contributed by atoms with Gasteiger partial charge in [-0.2, -0.15) is 0 Å². The zero-order chi connectivity index (χ0) is 22.8. The van der Waals surface area contributed by atoms with Gasteiger partial charge in [-0.25, -0.2) is 4.79 Å². The molecule has 31 heavy (non-hydrogen) atoms. The molecular weight excluding hydrogens is 388 g/mol. The standard InChI is InChI=1S/C27H40O4/c1-17(2)9-7-10-18(3)11-8-13-27-14-12-22-20(5)25(30-16-23(28)29)21(6)24(19(4)15-27)26(22)31-27/h8,13,17-19H,7,9-12,14-16H2,1-6H3,(H,28,29)/b13-8+/t18?,19-,27?/m1/s1. The first-order valence-electron chi connectivity index (χ1n) is 12.0. The zero-order valence-electron chi connectivity index (χ0n) is 20.2. The van der Waals surface area contributed by atoms with Crippen LogP contribution in [0.2, 0.25) is 0 Å². The molecule has 1 aromatic carbocycles. The smallest absolute Gasteiger partial charge is 0.341 e. The van der Waals surface area contributed by atoms with E-state index in [4.69, 9.17) is 14.6 Å². The second-order valence-electron chi connectivity index (χ2n) is 10.3. The summed E-state index contributed by atoms with van der Waals surface area (Å²) in [6.45, 7) is 13.0. The lowest BCUT2D eigenvalue weighted by Crippen LogP contribution is -2.43. The van der Waals surface area contributed by atoms with Crippen LogP contribution in [0.15, 0.2) is 12.2 Å². The Morgan fingerprint density at radius 3 is 2.68 bits per heavy atom. The van der Waals surface area contributed by atoms with Gasteiger partial charge in [0, 0.05) is 11.1 Å². The number of carbonyl (C=O) groups is 1. The normalized spacial score (nSPS) is 23.1. The predicted octanol–water partition coefficient (Wildman–Crippen LogP) is 6.75. The monoisotopic (exact) mass is 428 g/mol. The van der Waals surface area contributed by atoms with Crippen molar-refractivity contribution in [3.8, 4) is 11.5 Å². The van der Waals surface area contributed by atoms with Gasteiger partial charge in [-0.05, 0) is 74.5 Å². The first kappa shape index (κ1) is 23.7. The highest BCUT2D eigenvalue weighted by molar-refractivity contribution is 5.69. The SMILES string of the molecule is Cc1c2c3c(c(C)c1OCC(=O)O)[C@H](C)CC(/C=C/CC(C)CCCC(C)C)(CC2)O3. The van der Waals surface area contributed by atoms with Crippen LogP contribution in [0.5, 0.6) is 11.5 Å². The third kappa shape index (κ3) is 5.27. The lowest BCUT2D eigenvalue weighted by Gasteiger charge is -2.45. The molecule has 4 heteroatoms. The second kappa shape index (κ2) is 9.67. The topological polar surface area (TPSA) is 55.8 Å². The van der Waals surface area contributed by atoms with E-state index in [9.17, 15) is 4.79 Å². The number of allylic oxidation sites excluding steroid dienone is 1. The van der Waals surface area contributed by atoms with Gasteiger partial charge in [-0.3, -0.25) is 0 Å². The van der Waals surface area contributed by atoms with Crippen molar-refractivity contribution in [2.45, 2.75) is 98.0 Å². The molecule has 0 saturated carbocycles. The molecule has 2 aliphatic heterocycles. The number of hydrogen-bond donors (Lipinski definition) is 1. The van der Waals surface area contributed by atoms with Gasteiger partial charge in [0.05, 0.1) is 0 Å². The van der Waals surface area contributed by atoms with Crippen LogP contribution < -0.4 is 9.47 Å². The van der Waals surface area contributed by atoms with E-state index in [-0.39, 0.29) is 12.2 Å². The number of benzene rings is 1. The minimum atomic E-state index is -0.947. The highest BCUT2D eigenvalue weighted by Crippen LogP contribution is 2.53. The Morgan fingerprint density at radius 2 is 2.00 bits per heavy atom. The summed E-state index contributed by atoms with van der Waals surface area (Å²) in [5.74, 6) is 2.65. The summed E-state index contributed by atoms with van der Waals surface area (Å²) in [6.07, 6.45) is 12.6. The number of carboxylic acid groups (broad SMARTS) is 1. The van der Waals surface area contributed by atoms with Crippen molar-refractivity contribution >= 4 is 5.97 Å². The van der Waals surface area contributed by atoms with Crippen molar-refractivity contribution in [1.82, 2.24) is 0 Å².